The van der Waals surface area contributed by atoms with E-state index < -0.39 is 0 Å². The average Bonchev–Trinajstić information content (AvgIpc) is 2.85. The summed E-state index contributed by atoms with van der Waals surface area (Å²) in [5.74, 6) is -0.641. The SMILES string of the molecule is COc1ccc(Cl)cc1NC(=O)CCN1C(=O)c2ccccc2C1=O. The van der Waals surface area contributed by atoms with Crippen molar-refractivity contribution in [3.63, 3.8) is 0 Å². The molecule has 0 fully saturated rings. The fraction of sp³-hybridized carbons (Fsp3) is 0.167. The first-order valence-corrected chi connectivity index (χ1v) is 7.97. The number of carbonyl (C=O) groups is 3. The highest BCUT2D eigenvalue weighted by Gasteiger charge is 2.34. The van der Waals surface area contributed by atoms with Gasteiger partial charge in [0.15, 0.2) is 0 Å². The second-order valence-corrected chi connectivity index (χ2v) is 5.89. The van der Waals surface area contributed by atoms with Gasteiger partial charge in [-0.05, 0) is 30.3 Å². The summed E-state index contributed by atoms with van der Waals surface area (Å²) in [5, 5.41) is 3.13. The van der Waals surface area contributed by atoms with Gasteiger partial charge < -0.3 is 10.1 Å². The van der Waals surface area contributed by atoms with Crippen LogP contribution in [0.5, 0.6) is 5.75 Å². The van der Waals surface area contributed by atoms with E-state index in [9.17, 15) is 14.4 Å². The summed E-state index contributed by atoms with van der Waals surface area (Å²) in [6, 6.07) is 11.5. The number of fused-ring (bicyclic) bond motifs is 1. The van der Waals surface area contributed by atoms with Crippen molar-refractivity contribution in [1.29, 1.82) is 0 Å². The van der Waals surface area contributed by atoms with Crippen molar-refractivity contribution >= 4 is 35.0 Å². The van der Waals surface area contributed by atoms with Crippen molar-refractivity contribution in [2.45, 2.75) is 6.42 Å². The van der Waals surface area contributed by atoms with Gasteiger partial charge in [-0.25, -0.2) is 0 Å². The first-order chi connectivity index (χ1) is 12.0. The molecule has 0 aromatic heterocycles. The van der Waals surface area contributed by atoms with Crippen molar-refractivity contribution < 1.29 is 19.1 Å². The Morgan fingerprint density at radius 1 is 1.12 bits per heavy atom. The van der Waals surface area contributed by atoms with Crippen LogP contribution in [0, 0.1) is 0 Å². The van der Waals surface area contributed by atoms with Crippen molar-refractivity contribution in [2.24, 2.45) is 0 Å². The maximum absolute atomic E-state index is 12.3. The van der Waals surface area contributed by atoms with Crippen LogP contribution in [-0.2, 0) is 4.79 Å². The first-order valence-electron chi connectivity index (χ1n) is 7.60. The lowest BCUT2D eigenvalue weighted by Crippen LogP contribution is -2.32. The smallest absolute Gasteiger partial charge is 0.261 e. The molecule has 3 amide bonds. The number of carbonyl (C=O) groups excluding carboxylic acids is 3. The second-order valence-electron chi connectivity index (χ2n) is 5.45. The van der Waals surface area contributed by atoms with Gasteiger partial charge in [0.25, 0.3) is 11.8 Å². The summed E-state index contributed by atoms with van der Waals surface area (Å²) in [6.45, 7) is 0.00105. The van der Waals surface area contributed by atoms with Crippen LogP contribution in [0.15, 0.2) is 42.5 Å². The molecule has 0 atom stereocenters. The quantitative estimate of drug-likeness (QED) is 0.834. The Bertz CT molecular complexity index is 831. The number of ether oxygens (including phenoxy) is 1. The highest BCUT2D eigenvalue weighted by Crippen LogP contribution is 2.28. The van der Waals surface area contributed by atoms with Crippen molar-refractivity contribution in [2.75, 3.05) is 19.0 Å². The minimum atomic E-state index is -0.381. The predicted octanol–water partition coefficient (Wildman–Crippen LogP) is 2.97. The van der Waals surface area contributed by atoms with E-state index in [0.29, 0.717) is 27.6 Å². The van der Waals surface area contributed by atoms with Crippen LogP contribution in [0.1, 0.15) is 27.1 Å². The van der Waals surface area contributed by atoms with Crippen LogP contribution in [0.2, 0.25) is 5.02 Å². The monoisotopic (exact) mass is 358 g/mol. The molecule has 7 heteroatoms. The van der Waals surface area contributed by atoms with Gasteiger partial charge in [0.05, 0.1) is 23.9 Å². The van der Waals surface area contributed by atoms with Gasteiger partial charge >= 0.3 is 0 Å². The van der Waals surface area contributed by atoms with E-state index in [1.165, 1.54) is 7.11 Å². The number of benzene rings is 2. The molecular formula is C18H15ClN2O4. The summed E-state index contributed by atoms with van der Waals surface area (Å²) in [7, 11) is 1.48. The minimum Gasteiger partial charge on any atom is -0.495 e. The molecule has 1 heterocycles. The summed E-state index contributed by atoms with van der Waals surface area (Å²) in [4.78, 5) is 37.8. The number of anilines is 1. The normalized spacial score (nSPS) is 13.0. The van der Waals surface area contributed by atoms with Gasteiger partial charge in [0.2, 0.25) is 5.91 Å². The van der Waals surface area contributed by atoms with Crippen LogP contribution < -0.4 is 10.1 Å². The number of amides is 3. The van der Waals surface area contributed by atoms with Crippen molar-refractivity contribution in [3.05, 3.63) is 58.6 Å². The van der Waals surface area contributed by atoms with Gasteiger partial charge in [0.1, 0.15) is 5.75 Å². The molecule has 1 aliphatic heterocycles. The number of rotatable bonds is 5. The Morgan fingerprint density at radius 2 is 1.76 bits per heavy atom. The molecule has 0 spiro atoms. The van der Waals surface area contributed by atoms with E-state index in [-0.39, 0.29) is 30.7 Å². The summed E-state index contributed by atoms with van der Waals surface area (Å²) in [5.41, 5.74) is 1.16. The largest absolute Gasteiger partial charge is 0.495 e. The molecule has 2 aromatic carbocycles. The molecule has 6 nitrogen and oxygen atoms in total. The highest BCUT2D eigenvalue weighted by molar-refractivity contribution is 6.31. The van der Waals surface area contributed by atoms with Crippen LogP contribution in [0.4, 0.5) is 5.69 Å². The average molecular weight is 359 g/mol. The lowest BCUT2D eigenvalue weighted by Gasteiger charge is -2.14. The molecule has 0 unspecified atom stereocenters. The number of nitrogens with zero attached hydrogens (tertiary/aromatic N) is 1. The van der Waals surface area contributed by atoms with Gasteiger partial charge in [-0.15, -0.1) is 0 Å². The molecule has 2 aromatic rings. The zero-order chi connectivity index (χ0) is 18.0. The molecule has 0 radical (unpaired) electrons. The van der Waals surface area contributed by atoms with Gasteiger partial charge in [-0.3, -0.25) is 19.3 Å². The van der Waals surface area contributed by atoms with Crippen molar-refractivity contribution in [1.82, 2.24) is 4.90 Å². The number of nitrogens with one attached hydrogen (secondary N) is 1. The number of hydrogen-bond donors (Lipinski definition) is 1. The maximum Gasteiger partial charge on any atom is 0.261 e. The van der Waals surface area contributed by atoms with E-state index >= 15 is 0 Å². The molecule has 1 N–H and O–H groups in total. The Morgan fingerprint density at radius 3 is 2.36 bits per heavy atom. The van der Waals surface area contributed by atoms with Crippen molar-refractivity contribution in [3.8, 4) is 5.75 Å². The van der Waals surface area contributed by atoms with Gasteiger partial charge in [-0.2, -0.15) is 0 Å². The van der Waals surface area contributed by atoms with E-state index in [2.05, 4.69) is 5.32 Å². The standard InChI is InChI=1S/C18H15ClN2O4/c1-25-15-7-6-11(19)10-14(15)20-16(22)8-9-21-17(23)12-4-2-3-5-13(12)18(21)24/h2-7,10H,8-9H2,1H3,(H,20,22). The Balaban J connectivity index is 1.65. The molecular weight excluding hydrogens is 344 g/mol. The fourth-order valence-electron chi connectivity index (χ4n) is 2.65. The Kier molecular flexibility index (Phi) is 4.72. The van der Waals surface area contributed by atoms with Gasteiger partial charge in [-0.1, -0.05) is 23.7 Å². The lowest BCUT2D eigenvalue weighted by molar-refractivity contribution is -0.116. The van der Waals surface area contributed by atoms with Crippen LogP contribution in [0.3, 0.4) is 0 Å². The third kappa shape index (κ3) is 3.34. The number of halogens is 1. The highest BCUT2D eigenvalue weighted by atomic mass is 35.5. The number of hydrogen-bond acceptors (Lipinski definition) is 4. The molecule has 0 saturated heterocycles. The van der Waals surface area contributed by atoms with Crippen LogP contribution >= 0.6 is 11.6 Å². The summed E-state index contributed by atoms with van der Waals surface area (Å²) < 4.78 is 5.16. The molecule has 128 valence electrons. The molecule has 0 bridgehead atoms. The number of imide groups is 1. The maximum atomic E-state index is 12.3. The van der Waals surface area contributed by atoms with E-state index in [0.717, 1.165) is 4.90 Å². The molecule has 3 rings (SSSR count). The third-order valence-corrected chi connectivity index (χ3v) is 4.11. The fourth-order valence-corrected chi connectivity index (χ4v) is 2.82. The summed E-state index contributed by atoms with van der Waals surface area (Å²) in [6.07, 6.45) is -0.0267. The zero-order valence-electron chi connectivity index (χ0n) is 13.4. The topological polar surface area (TPSA) is 75.7 Å². The van der Waals surface area contributed by atoms with E-state index in [1.807, 2.05) is 0 Å². The lowest BCUT2D eigenvalue weighted by atomic mass is 10.1. The second kappa shape index (κ2) is 6.94. The van der Waals surface area contributed by atoms with Gasteiger partial charge in [0, 0.05) is 18.0 Å². The van der Waals surface area contributed by atoms with Crippen LogP contribution in [0.25, 0.3) is 0 Å². The Hall–Kier alpha value is -2.86. The molecule has 0 aliphatic carbocycles. The molecule has 25 heavy (non-hydrogen) atoms. The van der Waals surface area contributed by atoms with E-state index in [1.54, 1.807) is 42.5 Å². The third-order valence-electron chi connectivity index (χ3n) is 3.88. The van der Waals surface area contributed by atoms with Crippen LogP contribution in [-0.4, -0.2) is 36.3 Å². The predicted molar refractivity (Wildman–Crippen MR) is 93.1 cm³/mol. The Labute approximate surface area is 149 Å². The summed E-state index contributed by atoms with van der Waals surface area (Å²) >= 11 is 5.92. The number of methoxy groups -OCH3 is 1. The van der Waals surface area contributed by atoms with E-state index in [4.69, 9.17) is 16.3 Å². The minimum absolute atomic E-state index is 0.00105. The molecule has 1 aliphatic rings. The first kappa shape index (κ1) is 17.0. The zero-order valence-corrected chi connectivity index (χ0v) is 14.2. The molecule has 0 saturated carbocycles.